The lowest BCUT2D eigenvalue weighted by atomic mass is 10.2. The van der Waals surface area contributed by atoms with Crippen molar-refractivity contribution < 1.29 is 4.74 Å². The average molecular weight is 277 g/mol. The van der Waals surface area contributed by atoms with Crippen molar-refractivity contribution in [1.82, 2.24) is 4.57 Å². The van der Waals surface area contributed by atoms with Crippen LogP contribution < -0.4 is 10.5 Å². The minimum absolute atomic E-state index is 0.490. The summed E-state index contributed by atoms with van der Waals surface area (Å²) in [4.78, 5) is 0. The van der Waals surface area contributed by atoms with E-state index in [0.717, 1.165) is 22.2 Å². The molecule has 3 aromatic rings. The maximum absolute atomic E-state index is 9.38. The van der Waals surface area contributed by atoms with Crippen LogP contribution in [0.25, 0.3) is 10.9 Å². The molecule has 0 amide bonds. The molecule has 4 nitrogen and oxygen atoms in total. The summed E-state index contributed by atoms with van der Waals surface area (Å²) in [5.74, 6) is 1.21. The molecule has 4 heteroatoms. The van der Waals surface area contributed by atoms with Gasteiger partial charge in [0, 0.05) is 11.9 Å². The molecule has 0 bridgehead atoms. The van der Waals surface area contributed by atoms with E-state index in [1.807, 2.05) is 53.1 Å². The summed E-state index contributed by atoms with van der Waals surface area (Å²) in [5.41, 5.74) is 8.74. The molecule has 1 aromatic heterocycles. The zero-order valence-electron chi connectivity index (χ0n) is 11.7. The summed E-state index contributed by atoms with van der Waals surface area (Å²) in [7, 11) is 1.61. The van der Waals surface area contributed by atoms with Crippen LogP contribution in [0, 0.1) is 11.3 Å². The van der Waals surface area contributed by atoms with Crippen molar-refractivity contribution in [2.24, 2.45) is 0 Å². The number of aromatic nitrogens is 1. The first-order valence-corrected chi connectivity index (χ1v) is 6.64. The fraction of sp³-hybridized carbons (Fsp3) is 0.118. The zero-order valence-corrected chi connectivity index (χ0v) is 11.7. The van der Waals surface area contributed by atoms with Gasteiger partial charge >= 0.3 is 0 Å². The number of fused-ring (bicyclic) bond motifs is 1. The van der Waals surface area contributed by atoms with Crippen molar-refractivity contribution in [2.45, 2.75) is 6.54 Å². The van der Waals surface area contributed by atoms with E-state index in [-0.39, 0.29) is 0 Å². The van der Waals surface area contributed by atoms with Gasteiger partial charge in [-0.15, -0.1) is 0 Å². The Hall–Kier alpha value is -2.93. The quantitative estimate of drug-likeness (QED) is 0.799. The molecule has 2 N–H and O–H groups in total. The highest BCUT2D eigenvalue weighted by Crippen LogP contribution is 2.31. The second kappa shape index (κ2) is 5.22. The Morgan fingerprint density at radius 2 is 1.95 bits per heavy atom. The number of ether oxygens (including phenoxy) is 1. The van der Waals surface area contributed by atoms with Gasteiger partial charge in [0.05, 0.1) is 12.6 Å². The van der Waals surface area contributed by atoms with E-state index in [9.17, 15) is 5.26 Å². The lowest BCUT2D eigenvalue weighted by molar-refractivity contribution is 0.415. The number of anilines is 1. The van der Waals surface area contributed by atoms with Gasteiger partial charge in [0.1, 0.15) is 23.2 Å². The van der Waals surface area contributed by atoms with Gasteiger partial charge in [-0.05, 0) is 23.8 Å². The Balaban J connectivity index is 2.19. The molecule has 0 spiro atoms. The third-order valence-electron chi connectivity index (χ3n) is 3.61. The fourth-order valence-electron chi connectivity index (χ4n) is 2.53. The average Bonchev–Trinajstić information content (AvgIpc) is 2.79. The van der Waals surface area contributed by atoms with Crippen LogP contribution in [0.1, 0.15) is 11.1 Å². The van der Waals surface area contributed by atoms with Crippen LogP contribution in [0.5, 0.6) is 5.75 Å². The van der Waals surface area contributed by atoms with E-state index in [1.165, 1.54) is 0 Å². The largest absolute Gasteiger partial charge is 0.497 e. The normalized spacial score (nSPS) is 10.5. The van der Waals surface area contributed by atoms with E-state index >= 15 is 0 Å². The third kappa shape index (κ3) is 2.19. The predicted octanol–water partition coefficient (Wildman–Crippen LogP) is 3.15. The number of hydrogen-bond acceptors (Lipinski definition) is 3. The van der Waals surface area contributed by atoms with Gasteiger partial charge in [-0.1, -0.05) is 30.3 Å². The second-order valence-electron chi connectivity index (χ2n) is 4.83. The number of nitriles is 1. The van der Waals surface area contributed by atoms with Crippen LogP contribution in [-0.2, 0) is 6.54 Å². The van der Waals surface area contributed by atoms with Crippen LogP contribution in [0.4, 0.5) is 5.82 Å². The molecule has 0 aliphatic heterocycles. The van der Waals surface area contributed by atoms with Gasteiger partial charge in [0.25, 0.3) is 0 Å². The molecule has 0 aliphatic carbocycles. The van der Waals surface area contributed by atoms with E-state index in [2.05, 4.69) is 6.07 Å². The van der Waals surface area contributed by atoms with Crippen molar-refractivity contribution in [3.63, 3.8) is 0 Å². The molecule has 0 aliphatic rings. The van der Waals surface area contributed by atoms with E-state index in [1.54, 1.807) is 7.11 Å². The van der Waals surface area contributed by atoms with Gasteiger partial charge in [0.2, 0.25) is 0 Å². The Morgan fingerprint density at radius 1 is 1.19 bits per heavy atom. The smallest absolute Gasteiger partial charge is 0.122 e. The highest BCUT2D eigenvalue weighted by atomic mass is 16.5. The topological polar surface area (TPSA) is 64.0 Å². The SMILES string of the molecule is COc1ccc2c(c1)c(C#N)c(N)n2Cc1ccccc1. The monoisotopic (exact) mass is 277 g/mol. The standard InChI is InChI=1S/C17H15N3O/c1-21-13-7-8-16-14(9-13)15(10-18)17(19)20(16)11-12-5-3-2-4-6-12/h2-9H,11,19H2,1H3. The summed E-state index contributed by atoms with van der Waals surface area (Å²) in [6.07, 6.45) is 0. The molecule has 0 atom stereocenters. The molecular formula is C17H15N3O. The van der Waals surface area contributed by atoms with Crippen molar-refractivity contribution in [3.05, 3.63) is 59.7 Å². The number of rotatable bonds is 3. The molecule has 0 radical (unpaired) electrons. The number of benzene rings is 2. The number of nitrogens with two attached hydrogens (primary N) is 1. The highest BCUT2D eigenvalue weighted by Gasteiger charge is 2.15. The zero-order chi connectivity index (χ0) is 14.8. The lowest BCUT2D eigenvalue weighted by Gasteiger charge is -2.08. The van der Waals surface area contributed by atoms with Gasteiger partial charge in [-0.2, -0.15) is 5.26 Å². The fourth-order valence-corrected chi connectivity index (χ4v) is 2.53. The van der Waals surface area contributed by atoms with Crippen molar-refractivity contribution in [3.8, 4) is 11.8 Å². The first-order valence-electron chi connectivity index (χ1n) is 6.64. The molecule has 0 unspecified atom stereocenters. The molecule has 0 saturated heterocycles. The summed E-state index contributed by atoms with van der Waals surface area (Å²) in [6.45, 7) is 0.636. The highest BCUT2D eigenvalue weighted by molar-refractivity contribution is 5.93. The number of nitrogen functional groups attached to an aromatic ring is 1. The molecule has 0 saturated carbocycles. The molecule has 3 rings (SSSR count). The van der Waals surface area contributed by atoms with Crippen molar-refractivity contribution in [2.75, 3.05) is 12.8 Å². The molecule has 1 heterocycles. The van der Waals surface area contributed by atoms with Crippen molar-refractivity contribution >= 4 is 16.7 Å². The summed E-state index contributed by atoms with van der Waals surface area (Å²) < 4.78 is 7.19. The van der Waals surface area contributed by atoms with Crippen LogP contribution >= 0.6 is 0 Å². The number of nitrogens with zero attached hydrogens (tertiary/aromatic N) is 2. The minimum atomic E-state index is 0.490. The van der Waals surface area contributed by atoms with E-state index in [4.69, 9.17) is 10.5 Å². The molecular weight excluding hydrogens is 262 g/mol. The molecule has 21 heavy (non-hydrogen) atoms. The van der Waals surface area contributed by atoms with Gasteiger partial charge in [-0.3, -0.25) is 0 Å². The lowest BCUT2D eigenvalue weighted by Crippen LogP contribution is -2.04. The van der Waals surface area contributed by atoms with Gasteiger partial charge in [-0.25, -0.2) is 0 Å². The maximum atomic E-state index is 9.38. The van der Waals surface area contributed by atoms with Gasteiger partial charge in [0.15, 0.2) is 0 Å². The van der Waals surface area contributed by atoms with E-state index in [0.29, 0.717) is 17.9 Å². The summed E-state index contributed by atoms with van der Waals surface area (Å²) >= 11 is 0. The number of methoxy groups -OCH3 is 1. The summed E-state index contributed by atoms with van der Waals surface area (Å²) in [5, 5.41) is 10.2. The summed E-state index contributed by atoms with van der Waals surface area (Å²) in [6, 6.07) is 17.9. The molecule has 2 aromatic carbocycles. The van der Waals surface area contributed by atoms with Crippen molar-refractivity contribution in [1.29, 1.82) is 5.26 Å². The molecule has 0 fully saturated rings. The third-order valence-corrected chi connectivity index (χ3v) is 3.61. The number of hydrogen-bond donors (Lipinski definition) is 1. The maximum Gasteiger partial charge on any atom is 0.122 e. The van der Waals surface area contributed by atoms with E-state index < -0.39 is 0 Å². The van der Waals surface area contributed by atoms with Crippen LogP contribution in [0.2, 0.25) is 0 Å². The second-order valence-corrected chi connectivity index (χ2v) is 4.83. The van der Waals surface area contributed by atoms with Crippen LogP contribution in [-0.4, -0.2) is 11.7 Å². The Morgan fingerprint density at radius 3 is 2.62 bits per heavy atom. The molecule has 104 valence electrons. The Kier molecular flexibility index (Phi) is 3.25. The van der Waals surface area contributed by atoms with Gasteiger partial charge < -0.3 is 15.0 Å². The van der Waals surface area contributed by atoms with Crippen LogP contribution in [0.15, 0.2) is 48.5 Å². The Labute approximate surface area is 123 Å². The predicted molar refractivity (Wildman–Crippen MR) is 83.2 cm³/mol. The Bertz CT molecular complexity index is 829. The first kappa shape index (κ1) is 13.1. The first-order chi connectivity index (χ1) is 10.2. The van der Waals surface area contributed by atoms with Crippen LogP contribution in [0.3, 0.4) is 0 Å². The minimum Gasteiger partial charge on any atom is -0.497 e.